The summed E-state index contributed by atoms with van der Waals surface area (Å²) in [5.41, 5.74) is 0. The van der Waals surface area contributed by atoms with E-state index in [4.69, 9.17) is 5.26 Å². The van der Waals surface area contributed by atoms with Crippen LogP contribution >= 0.6 is 0 Å². The molecular formula is C11H19N3O. The number of nitriles is 1. The zero-order chi connectivity index (χ0) is 11.1. The maximum absolute atomic E-state index is 11.5. The quantitative estimate of drug-likeness (QED) is 0.629. The van der Waals surface area contributed by atoms with E-state index in [1.807, 2.05) is 11.8 Å². The number of rotatable bonds is 7. The van der Waals surface area contributed by atoms with Crippen molar-refractivity contribution < 1.29 is 4.79 Å². The number of nitrogens with zero attached hydrogens (tertiary/aromatic N) is 2. The Balaban J connectivity index is 2.16. The lowest BCUT2D eigenvalue weighted by atomic mass is 10.3. The highest BCUT2D eigenvalue weighted by atomic mass is 16.2. The fourth-order valence-corrected chi connectivity index (χ4v) is 1.47. The summed E-state index contributed by atoms with van der Waals surface area (Å²) >= 11 is 0. The zero-order valence-electron chi connectivity index (χ0n) is 9.33. The topological polar surface area (TPSA) is 56.1 Å². The molecule has 0 atom stereocenters. The molecule has 15 heavy (non-hydrogen) atoms. The van der Waals surface area contributed by atoms with E-state index in [-0.39, 0.29) is 5.91 Å². The third kappa shape index (κ3) is 5.38. The van der Waals surface area contributed by atoms with Gasteiger partial charge >= 0.3 is 0 Å². The van der Waals surface area contributed by atoms with Crippen molar-refractivity contribution in [2.45, 2.75) is 26.2 Å². The van der Waals surface area contributed by atoms with Gasteiger partial charge in [0.2, 0.25) is 5.91 Å². The summed E-state index contributed by atoms with van der Waals surface area (Å²) in [6.45, 7) is 4.36. The van der Waals surface area contributed by atoms with Crippen LogP contribution in [0.15, 0.2) is 0 Å². The first-order chi connectivity index (χ1) is 7.26. The number of hydrogen-bond donors (Lipinski definition) is 1. The van der Waals surface area contributed by atoms with E-state index in [9.17, 15) is 4.79 Å². The largest absolute Gasteiger partial charge is 0.355 e. The molecule has 0 aromatic carbocycles. The van der Waals surface area contributed by atoms with Gasteiger partial charge in [-0.2, -0.15) is 5.26 Å². The molecule has 1 fully saturated rings. The zero-order valence-corrected chi connectivity index (χ0v) is 9.33. The van der Waals surface area contributed by atoms with Gasteiger partial charge in [0, 0.05) is 6.54 Å². The number of amides is 1. The monoisotopic (exact) mass is 209 g/mol. The average Bonchev–Trinajstić information content (AvgIpc) is 2.99. The van der Waals surface area contributed by atoms with E-state index in [2.05, 4.69) is 11.4 Å². The minimum Gasteiger partial charge on any atom is -0.355 e. The Hall–Kier alpha value is -1.08. The SMILES string of the molecule is CCCN(CC#N)CC(=O)NCC1CC1. The summed E-state index contributed by atoms with van der Waals surface area (Å²) in [6, 6.07) is 2.08. The van der Waals surface area contributed by atoms with Crippen LogP contribution in [-0.4, -0.2) is 37.0 Å². The third-order valence-corrected chi connectivity index (χ3v) is 2.49. The molecule has 0 heterocycles. The van der Waals surface area contributed by atoms with Gasteiger partial charge in [-0.25, -0.2) is 0 Å². The summed E-state index contributed by atoms with van der Waals surface area (Å²) in [7, 11) is 0. The molecule has 0 unspecified atom stereocenters. The molecule has 0 aromatic heterocycles. The van der Waals surface area contributed by atoms with Crippen molar-refractivity contribution in [2.75, 3.05) is 26.2 Å². The third-order valence-electron chi connectivity index (χ3n) is 2.49. The van der Waals surface area contributed by atoms with E-state index in [1.165, 1.54) is 12.8 Å². The van der Waals surface area contributed by atoms with Gasteiger partial charge in [0.1, 0.15) is 0 Å². The lowest BCUT2D eigenvalue weighted by molar-refractivity contribution is -0.122. The van der Waals surface area contributed by atoms with Gasteiger partial charge in [-0.05, 0) is 31.7 Å². The van der Waals surface area contributed by atoms with Crippen molar-refractivity contribution in [3.8, 4) is 6.07 Å². The van der Waals surface area contributed by atoms with Crippen LogP contribution in [0.5, 0.6) is 0 Å². The van der Waals surface area contributed by atoms with Crippen molar-refractivity contribution in [3.05, 3.63) is 0 Å². The Labute approximate surface area is 91.2 Å². The molecular weight excluding hydrogens is 190 g/mol. The lowest BCUT2D eigenvalue weighted by Gasteiger charge is -2.17. The highest BCUT2D eigenvalue weighted by Crippen LogP contribution is 2.27. The molecule has 0 aromatic rings. The van der Waals surface area contributed by atoms with Gasteiger partial charge < -0.3 is 5.32 Å². The summed E-state index contributed by atoms with van der Waals surface area (Å²) in [6.07, 6.45) is 3.46. The van der Waals surface area contributed by atoms with Crippen molar-refractivity contribution in [1.82, 2.24) is 10.2 Å². The van der Waals surface area contributed by atoms with Crippen LogP contribution in [0.1, 0.15) is 26.2 Å². The first-order valence-electron chi connectivity index (χ1n) is 5.62. The molecule has 1 aliphatic rings. The Morgan fingerprint density at radius 3 is 2.87 bits per heavy atom. The van der Waals surface area contributed by atoms with Gasteiger partial charge in [-0.3, -0.25) is 9.69 Å². The van der Waals surface area contributed by atoms with Crippen LogP contribution in [0.3, 0.4) is 0 Å². The fourth-order valence-electron chi connectivity index (χ4n) is 1.47. The van der Waals surface area contributed by atoms with Crippen LogP contribution < -0.4 is 5.32 Å². The number of hydrogen-bond acceptors (Lipinski definition) is 3. The summed E-state index contributed by atoms with van der Waals surface area (Å²) in [5, 5.41) is 11.5. The highest BCUT2D eigenvalue weighted by molar-refractivity contribution is 5.78. The molecule has 0 radical (unpaired) electrons. The molecule has 0 bridgehead atoms. The van der Waals surface area contributed by atoms with Gasteiger partial charge in [-0.15, -0.1) is 0 Å². The molecule has 1 aliphatic carbocycles. The van der Waals surface area contributed by atoms with E-state index in [0.717, 1.165) is 19.5 Å². The second-order valence-electron chi connectivity index (χ2n) is 4.12. The van der Waals surface area contributed by atoms with Crippen LogP contribution in [0.25, 0.3) is 0 Å². The molecule has 0 aliphatic heterocycles. The maximum Gasteiger partial charge on any atom is 0.234 e. The van der Waals surface area contributed by atoms with Crippen molar-refractivity contribution in [3.63, 3.8) is 0 Å². The van der Waals surface area contributed by atoms with Crippen LogP contribution in [0, 0.1) is 17.2 Å². The molecule has 0 saturated heterocycles. The minimum atomic E-state index is 0.0469. The molecule has 84 valence electrons. The van der Waals surface area contributed by atoms with Crippen molar-refractivity contribution >= 4 is 5.91 Å². The van der Waals surface area contributed by atoms with Gasteiger partial charge in [0.15, 0.2) is 0 Å². The second-order valence-corrected chi connectivity index (χ2v) is 4.12. The first kappa shape index (κ1) is 12.0. The smallest absolute Gasteiger partial charge is 0.234 e. The van der Waals surface area contributed by atoms with Crippen LogP contribution in [-0.2, 0) is 4.79 Å². The standard InChI is InChI=1S/C11H19N3O/c1-2-6-14(7-5-12)9-11(15)13-8-10-3-4-10/h10H,2-4,6-9H2,1H3,(H,13,15). The maximum atomic E-state index is 11.5. The number of nitrogens with one attached hydrogen (secondary N) is 1. The van der Waals surface area contributed by atoms with Gasteiger partial charge in [-0.1, -0.05) is 6.92 Å². The summed E-state index contributed by atoms with van der Waals surface area (Å²) in [4.78, 5) is 13.4. The molecule has 1 rings (SSSR count). The molecule has 4 nitrogen and oxygen atoms in total. The Kier molecular flexibility index (Phi) is 5.13. The Morgan fingerprint density at radius 1 is 1.60 bits per heavy atom. The average molecular weight is 209 g/mol. The predicted octanol–water partition coefficient (Wildman–Crippen LogP) is 0.748. The Bertz CT molecular complexity index is 243. The van der Waals surface area contributed by atoms with E-state index in [0.29, 0.717) is 19.0 Å². The van der Waals surface area contributed by atoms with Crippen molar-refractivity contribution in [1.29, 1.82) is 5.26 Å². The summed E-state index contributed by atoms with van der Waals surface area (Å²) < 4.78 is 0. The normalized spacial score (nSPS) is 15.0. The number of carbonyl (C=O) groups is 1. The van der Waals surface area contributed by atoms with Crippen molar-refractivity contribution in [2.24, 2.45) is 5.92 Å². The van der Waals surface area contributed by atoms with Crippen LogP contribution in [0.2, 0.25) is 0 Å². The van der Waals surface area contributed by atoms with Crippen LogP contribution in [0.4, 0.5) is 0 Å². The molecule has 1 saturated carbocycles. The van der Waals surface area contributed by atoms with Gasteiger partial charge in [0.05, 0.1) is 19.2 Å². The van der Waals surface area contributed by atoms with Gasteiger partial charge in [0.25, 0.3) is 0 Å². The lowest BCUT2D eigenvalue weighted by Crippen LogP contribution is -2.38. The first-order valence-corrected chi connectivity index (χ1v) is 5.62. The highest BCUT2D eigenvalue weighted by Gasteiger charge is 2.21. The van der Waals surface area contributed by atoms with E-state index >= 15 is 0 Å². The molecule has 0 spiro atoms. The molecule has 4 heteroatoms. The fraction of sp³-hybridized carbons (Fsp3) is 0.818. The minimum absolute atomic E-state index is 0.0469. The molecule has 1 amide bonds. The number of carbonyl (C=O) groups excluding carboxylic acids is 1. The molecule has 1 N–H and O–H groups in total. The van der Waals surface area contributed by atoms with E-state index < -0.39 is 0 Å². The second kappa shape index (κ2) is 6.41. The Morgan fingerprint density at radius 2 is 2.33 bits per heavy atom. The predicted molar refractivity (Wildman–Crippen MR) is 58.1 cm³/mol. The van der Waals surface area contributed by atoms with E-state index in [1.54, 1.807) is 0 Å². The summed E-state index contributed by atoms with van der Waals surface area (Å²) in [5.74, 6) is 0.759.